The van der Waals surface area contributed by atoms with E-state index < -0.39 is 0 Å². The summed E-state index contributed by atoms with van der Waals surface area (Å²) >= 11 is 1.87. The molecule has 0 N–H and O–H groups in total. The lowest BCUT2D eigenvalue weighted by Crippen LogP contribution is -1.92. The van der Waals surface area contributed by atoms with Gasteiger partial charge in [-0.3, -0.25) is 0 Å². The molecule has 9 rings (SSSR count). The molecule has 0 amide bonds. The van der Waals surface area contributed by atoms with Gasteiger partial charge in [-0.25, -0.2) is 0 Å². The van der Waals surface area contributed by atoms with E-state index in [0.717, 1.165) is 0 Å². The van der Waals surface area contributed by atoms with Crippen molar-refractivity contribution in [3.8, 4) is 33.4 Å². The van der Waals surface area contributed by atoms with Gasteiger partial charge in [-0.15, -0.1) is 11.3 Å². The number of benzene rings is 8. The van der Waals surface area contributed by atoms with Crippen molar-refractivity contribution in [3.05, 3.63) is 158 Å². The summed E-state index contributed by atoms with van der Waals surface area (Å²) in [6.07, 6.45) is 0. The van der Waals surface area contributed by atoms with Crippen molar-refractivity contribution in [2.45, 2.75) is 0 Å². The Morgan fingerprint density at radius 2 is 0.860 bits per heavy atom. The number of thiophene rings is 1. The number of rotatable bonds is 3. The number of fused-ring (bicyclic) bond motifs is 6. The van der Waals surface area contributed by atoms with Crippen molar-refractivity contribution in [1.82, 2.24) is 0 Å². The average Bonchev–Trinajstić information content (AvgIpc) is 3.45. The van der Waals surface area contributed by atoms with Crippen molar-refractivity contribution in [2.24, 2.45) is 0 Å². The maximum absolute atomic E-state index is 2.43. The molecule has 8 aromatic carbocycles. The second-order valence-electron chi connectivity index (χ2n) is 11.3. The zero-order valence-corrected chi connectivity index (χ0v) is 24.2. The van der Waals surface area contributed by atoms with Crippen LogP contribution in [0.15, 0.2) is 158 Å². The summed E-state index contributed by atoms with van der Waals surface area (Å²) in [5.74, 6) is 0. The van der Waals surface area contributed by atoms with Crippen molar-refractivity contribution in [1.29, 1.82) is 0 Å². The molecule has 9 aromatic rings. The van der Waals surface area contributed by atoms with Gasteiger partial charge in [0.25, 0.3) is 0 Å². The molecule has 0 saturated carbocycles. The normalized spacial score (nSPS) is 11.7. The molecule has 0 fully saturated rings. The molecule has 1 heterocycles. The van der Waals surface area contributed by atoms with Crippen molar-refractivity contribution >= 4 is 63.8 Å². The van der Waals surface area contributed by atoms with Gasteiger partial charge in [0.1, 0.15) is 0 Å². The van der Waals surface area contributed by atoms with Crippen LogP contribution in [0.5, 0.6) is 0 Å². The third-order valence-electron chi connectivity index (χ3n) is 8.84. The van der Waals surface area contributed by atoms with Crippen molar-refractivity contribution in [3.63, 3.8) is 0 Å². The average molecular weight is 563 g/mol. The molecular formula is C42H26S. The van der Waals surface area contributed by atoms with Gasteiger partial charge in [-0.1, -0.05) is 127 Å². The fourth-order valence-corrected chi connectivity index (χ4v) is 8.01. The maximum Gasteiger partial charge on any atom is 0.0355 e. The first-order chi connectivity index (χ1) is 21.3. The lowest BCUT2D eigenvalue weighted by molar-refractivity contribution is 1.65. The fraction of sp³-hybridized carbons (Fsp3) is 0. The van der Waals surface area contributed by atoms with Crippen LogP contribution in [0, 0.1) is 0 Å². The zero-order valence-electron chi connectivity index (χ0n) is 23.4. The number of hydrogen-bond donors (Lipinski definition) is 0. The van der Waals surface area contributed by atoms with E-state index in [1.165, 1.54) is 85.9 Å². The lowest BCUT2D eigenvalue weighted by Gasteiger charge is -2.19. The largest absolute Gasteiger partial charge is 0.135 e. The molecule has 0 atom stereocenters. The second kappa shape index (κ2) is 9.66. The number of hydrogen-bond acceptors (Lipinski definition) is 1. The van der Waals surface area contributed by atoms with Crippen LogP contribution in [0.4, 0.5) is 0 Å². The van der Waals surface area contributed by atoms with Gasteiger partial charge in [0.2, 0.25) is 0 Å². The minimum Gasteiger partial charge on any atom is -0.135 e. The first-order valence-electron chi connectivity index (χ1n) is 14.8. The minimum absolute atomic E-state index is 1.24. The molecule has 200 valence electrons. The highest BCUT2D eigenvalue weighted by Gasteiger charge is 2.19. The topological polar surface area (TPSA) is 0 Å². The molecular weight excluding hydrogens is 537 g/mol. The summed E-state index contributed by atoms with van der Waals surface area (Å²) in [4.78, 5) is 0. The third kappa shape index (κ3) is 3.82. The highest BCUT2D eigenvalue weighted by atomic mass is 32.1. The standard InChI is InChI=1S/C42H26S/c1-2-12-27(13-3-1)41-33-17-6-8-19-35(33)42(36-20-9-7-18-34(36)41)38-26-30(24-29-14-4-5-15-31(29)38)28-22-23-40-37(25-28)32-16-10-11-21-39(32)43-40/h1-26H. The van der Waals surface area contributed by atoms with Gasteiger partial charge in [0.05, 0.1) is 0 Å². The molecule has 0 bridgehead atoms. The Morgan fingerprint density at radius 3 is 1.58 bits per heavy atom. The van der Waals surface area contributed by atoms with E-state index in [0.29, 0.717) is 0 Å². The van der Waals surface area contributed by atoms with E-state index in [-0.39, 0.29) is 0 Å². The lowest BCUT2D eigenvalue weighted by atomic mass is 9.84. The van der Waals surface area contributed by atoms with Crippen molar-refractivity contribution < 1.29 is 0 Å². The zero-order chi connectivity index (χ0) is 28.3. The molecule has 0 saturated heterocycles. The molecule has 43 heavy (non-hydrogen) atoms. The third-order valence-corrected chi connectivity index (χ3v) is 9.99. The highest BCUT2D eigenvalue weighted by molar-refractivity contribution is 7.25. The summed E-state index contributed by atoms with van der Waals surface area (Å²) in [5.41, 5.74) is 7.60. The maximum atomic E-state index is 2.43. The van der Waals surface area contributed by atoms with E-state index in [1.54, 1.807) is 0 Å². The van der Waals surface area contributed by atoms with Gasteiger partial charge in [-0.2, -0.15) is 0 Å². The van der Waals surface area contributed by atoms with E-state index >= 15 is 0 Å². The molecule has 0 nitrogen and oxygen atoms in total. The highest BCUT2D eigenvalue weighted by Crippen LogP contribution is 2.46. The molecule has 0 aliphatic heterocycles. The summed E-state index contributed by atoms with van der Waals surface area (Å²) in [6, 6.07) is 58.0. The summed E-state index contributed by atoms with van der Waals surface area (Å²) in [5, 5.41) is 10.3. The summed E-state index contributed by atoms with van der Waals surface area (Å²) in [6.45, 7) is 0. The summed E-state index contributed by atoms with van der Waals surface area (Å²) < 4.78 is 2.67. The Morgan fingerprint density at radius 1 is 0.302 bits per heavy atom. The van der Waals surface area contributed by atoms with E-state index in [4.69, 9.17) is 0 Å². The first-order valence-corrected chi connectivity index (χ1v) is 15.6. The van der Waals surface area contributed by atoms with Crippen LogP contribution in [0.2, 0.25) is 0 Å². The van der Waals surface area contributed by atoms with Gasteiger partial charge in [0.15, 0.2) is 0 Å². The van der Waals surface area contributed by atoms with E-state index in [2.05, 4.69) is 158 Å². The SMILES string of the molecule is c1ccc(-c2c3ccccc3c(-c3cc(-c4ccc5sc6ccccc6c5c4)cc4ccccc34)c3ccccc23)cc1. The molecule has 0 unspecified atom stereocenters. The second-order valence-corrected chi connectivity index (χ2v) is 12.3. The van der Waals surface area contributed by atoms with E-state index in [1.807, 2.05) is 11.3 Å². The molecule has 0 aliphatic rings. The van der Waals surface area contributed by atoms with Crippen LogP contribution >= 0.6 is 11.3 Å². The monoisotopic (exact) mass is 562 g/mol. The Labute approximate surface area is 254 Å². The van der Waals surface area contributed by atoms with Crippen LogP contribution in [0.25, 0.3) is 85.9 Å². The van der Waals surface area contributed by atoms with Crippen LogP contribution in [-0.4, -0.2) is 0 Å². The first kappa shape index (κ1) is 24.4. The minimum atomic E-state index is 1.24. The molecule has 0 spiro atoms. The van der Waals surface area contributed by atoms with Crippen LogP contribution in [0.1, 0.15) is 0 Å². The van der Waals surface area contributed by atoms with Crippen molar-refractivity contribution in [2.75, 3.05) is 0 Å². The van der Waals surface area contributed by atoms with Crippen LogP contribution in [-0.2, 0) is 0 Å². The predicted octanol–water partition coefficient (Wildman–Crippen LogP) is 12.5. The molecule has 1 heteroatoms. The molecule has 1 aromatic heterocycles. The van der Waals surface area contributed by atoms with E-state index in [9.17, 15) is 0 Å². The van der Waals surface area contributed by atoms with Gasteiger partial charge >= 0.3 is 0 Å². The summed E-state index contributed by atoms with van der Waals surface area (Å²) in [7, 11) is 0. The molecule has 0 radical (unpaired) electrons. The Hall–Kier alpha value is -5.24. The smallest absolute Gasteiger partial charge is 0.0355 e. The Balaban J connectivity index is 1.38. The van der Waals surface area contributed by atoms with Crippen LogP contribution < -0.4 is 0 Å². The van der Waals surface area contributed by atoms with Gasteiger partial charge in [0, 0.05) is 20.2 Å². The quantitative estimate of drug-likeness (QED) is 0.188. The molecule has 0 aliphatic carbocycles. The predicted molar refractivity (Wildman–Crippen MR) is 188 cm³/mol. The van der Waals surface area contributed by atoms with Gasteiger partial charge in [-0.05, 0) is 96.0 Å². The Bertz CT molecular complexity index is 2440. The van der Waals surface area contributed by atoms with Gasteiger partial charge < -0.3 is 0 Å². The van der Waals surface area contributed by atoms with Crippen LogP contribution in [0.3, 0.4) is 0 Å². The Kier molecular flexibility index (Phi) is 5.47. The fourth-order valence-electron chi connectivity index (χ4n) is 6.92.